The van der Waals surface area contributed by atoms with E-state index in [1.54, 1.807) is 6.20 Å². The van der Waals surface area contributed by atoms with E-state index < -0.39 is 5.97 Å². The summed E-state index contributed by atoms with van der Waals surface area (Å²) in [6.45, 7) is 3.16. The smallest absolute Gasteiger partial charge is 0.410 e. The highest BCUT2D eigenvalue weighted by molar-refractivity contribution is 5.71. The first-order valence-corrected chi connectivity index (χ1v) is 12.3. The molecule has 3 atom stereocenters. The quantitative estimate of drug-likeness (QED) is 0.696. The predicted octanol–water partition coefficient (Wildman–Crippen LogP) is 1.96. The monoisotopic (exact) mass is 458 g/mol. The maximum Gasteiger partial charge on any atom is 0.410 e. The molecule has 1 aromatic heterocycles. The fourth-order valence-corrected chi connectivity index (χ4v) is 6.26. The van der Waals surface area contributed by atoms with Crippen LogP contribution in [0.3, 0.4) is 0 Å². The third-order valence-corrected chi connectivity index (χ3v) is 8.00. The zero-order chi connectivity index (χ0) is 22.9. The van der Waals surface area contributed by atoms with Gasteiger partial charge in [0.25, 0.3) is 0 Å². The van der Waals surface area contributed by atoms with Gasteiger partial charge in [0, 0.05) is 31.4 Å². The summed E-state index contributed by atoms with van der Waals surface area (Å²) in [5.74, 6) is 0.170. The lowest BCUT2D eigenvalue weighted by atomic mass is 9.92. The lowest BCUT2D eigenvalue weighted by Gasteiger charge is -2.41. The summed E-state index contributed by atoms with van der Waals surface area (Å²) >= 11 is 0. The number of likely N-dealkylation sites (tertiary alicyclic amines) is 1. The number of carbonyl (C=O) groups excluding carboxylic acids is 1. The number of nitrogens with two attached hydrogens (primary N) is 1. The fourth-order valence-electron chi connectivity index (χ4n) is 6.26. The molecule has 0 radical (unpaired) electrons. The molecule has 10 heteroatoms. The molecule has 4 aliphatic rings. The van der Waals surface area contributed by atoms with Gasteiger partial charge in [-0.2, -0.15) is 4.98 Å². The average Bonchev–Trinajstić information content (AvgIpc) is 3.01. The third kappa shape index (κ3) is 4.45. The zero-order valence-electron chi connectivity index (χ0n) is 19.0. The van der Waals surface area contributed by atoms with E-state index in [2.05, 4.69) is 19.8 Å². The molecule has 180 valence electrons. The van der Waals surface area contributed by atoms with Crippen LogP contribution >= 0.6 is 0 Å². The summed E-state index contributed by atoms with van der Waals surface area (Å²) in [5.41, 5.74) is 5.74. The van der Waals surface area contributed by atoms with E-state index in [1.807, 2.05) is 11.0 Å². The predicted molar refractivity (Wildman–Crippen MR) is 122 cm³/mol. The maximum atomic E-state index is 13.1. The number of nitrogen functional groups attached to an aromatic ring is 1. The van der Waals surface area contributed by atoms with Crippen molar-refractivity contribution in [3.63, 3.8) is 0 Å². The molecule has 4 heterocycles. The van der Waals surface area contributed by atoms with Crippen molar-refractivity contribution in [1.29, 1.82) is 0 Å². The topological polar surface area (TPSA) is 125 Å². The molecule has 3 unspecified atom stereocenters. The van der Waals surface area contributed by atoms with Gasteiger partial charge in [0.1, 0.15) is 11.9 Å². The Morgan fingerprint density at radius 3 is 2.39 bits per heavy atom. The molecule has 4 fully saturated rings. The van der Waals surface area contributed by atoms with Crippen LogP contribution in [-0.4, -0.2) is 87.3 Å². The molecular weight excluding hydrogens is 424 g/mol. The van der Waals surface area contributed by atoms with E-state index in [-0.39, 0.29) is 42.2 Å². The fraction of sp³-hybridized carbons (Fsp3) is 0.739. The van der Waals surface area contributed by atoms with E-state index in [0.29, 0.717) is 12.8 Å². The number of carbonyl (C=O) groups is 2. The Morgan fingerprint density at radius 1 is 1.03 bits per heavy atom. The molecule has 10 nitrogen and oxygen atoms in total. The number of aliphatic carboxylic acids is 1. The summed E-state index contributed by atoms with van der Waals surface area (Å²) in [4.78, 5) is 39.4. The molecule has 3 saturated heterocycles. The number of rotatable bonds is 4. The number of piperidine rings is 2. The Balaban J connectivity index is 1.25. The highest BCUT2D eigenvalue weighted by Gasteiger charge is 2.50. The molecule has 1 amide bonds. The lowest BCUT2D eigenvalue weighted by molar-refractivity contribution is -0.143. The highest BCUT2D eigenvalue weighted by Crippen LogP contribution is 2.38. The minimum Gasteiger partial charge on any atom is -0.481 e. The summed E-state index contributed by atoms with van der Waals surface area (Å²) in [6, 6.07) is 2.33. The van der Waals surface area contributed by atoms with Gasteiger partial charge in [-0.15, -0.1) is 0 Å². The third-order valence-electron chi connectivity index (χ3n) is 8.00. The van der Waals surface area contributed by atoms with Crippen molar-refractivity contribution >= 4 is 23.8 Å². The van der Waals surface area contributed by atoms with Gasteiger partial charge in [-0.3, -0.25) is 14.6 Å². The largest absolute Gasteiger partial charge is 0.481 e. The Labute approximate surface area is 194 Å². The molecule has 5 rings (SSSR count). The van der Waals surface area contributed by atoms with Gasteiger partial charge in [0.15, 0.2) is 0 Å². The zero-order valence-corrected chi connectivity index (χ0v) is 19.0. The summed E-state index contributed by atoms with van der Waals surface area (Å²) < 4.78 is 6.06. The molecule has 0 spiro atoms. The van der Waals surface area contributed by atoms with Crippen LogP contribution in [0.5, 0.6) is 0 Å². The number of nitrogens with zero attached hydrogens (tertiary/aromatic N) is 5. The van der Waals surface area contributed by atoms with Crippen LogP contribution in [-0.2, 0) is 9.53 Å². The number of ether oxygens (including phenoxy) is 1. The van der Waals surface area contributed by atoms with Crippen molar-refractivity contribution in [3.8, 4) is 0 Å². The van der Waals surface area contributed by atoms with Gasteiger partial charge in [-0.1, -0.05) is 12.8 Å². The van der Waals surface area contributed by atoms with Crippen LogP contribution in [0.4, 0.5) is 16.6 Å². The standard InChI is InChI=1S/C23H34N6O4/c24-22-25-10-5-19(26-22)28-13-8-16(9-14-28)29-18-4-2-1-3-17(20(18)33-23(29)32)27-11-6-15(7-12-27)21(30)31/h5,10,15-18,20H,1-4,6-9,11-14H2,(H,30,31)(H2,24,25,26). The van der Waals surface area contributed by atoms with Crippen molar-refractivity contribution in [2.45, 2.75) is 75.6 Å². The molecule has 0 aromatic carbocycles. The van der Waals surface area contributed by atoms with Crippen molar-refractivity contribution in [3.05, 3.63) is 12.3 Å². The number of anilines is 2. The normalized spacial score (nSPS) is 30.1. The number of carboxylic acids is 1. The molecule has 3 aliphatic heterocycles. The van der Waals surface area contributed by atoms with Gasteiger partial charge >= 0.3 is 12.1 Å². The van der Waals surface area contributed by atoms with Crippen LogP contribution in [0.25, 0.3) is 0 Å². The molecule has 3 N–H and O–H groups in total. The van der Waals surface area contributed by atoms with Gasteiger partial charge in [0.2, 0.25) is 5.95 Å². The van der Waals surface area contributed by atoms with Crippen molar-refractivity contribution in [1.82, 2.24) is 19.8 Å². The number of aromatic nitrogens is 2. The van der Waals surface area contributed by atoms with Crippen LogP contribution < -0.4 is 10.6 Å². The SMILES string of the molecule is Nc1nccc(N2CCC(N3C(=O)OC4C(N5CCC(C(=O)O)CC5)CCCCC43)CC2)n1. The van der Waals surface area contributed by atoms with Crippen molar-refractivity contribution in [2.24, 2.45) is 5.92 Å². The molecule has 0 bridgehead atoms. The Kier molecular flexibility index (Phi) is 6.27. The van der Waals surface area contributed by atoms with Crippen molar-refractivity contribution in [2.75, 3.05) is 36.8 Å². The maximum absolute atomic E-state index is 13.1. The van der Waals surface area contributed by atoms with E-state index >= 15 is 0 Å². The van der Waals surface area contributed by atoms with Crippen LogP contribution in [0.15, 0.2) is 12.3 Å². The van der Waals surface area contributed by atoms with E-state index in [4.69, 9.17) is 10.5 Å². The first-order chi connectivity index (χ1) is 16.0. The minimum atomic E-state index is -0.692. The second-order valence-electron chi connectivity index (χ2n) is 9.81. The Morgan fingerprint density at radius 2 is 1.73 bits per heavy atom. The number of hydrogen-bond donors (Lipinski definition) is 2. The second kappa shape index (κ2) is 9.32. The molecule has 33 heavy (non-hydrogen) atoms. The van der Waals surface area contributed by atoms with Gasteiger partial charge < -0.3 is 20.5 Å². The number of hydrogen-bond acceptors (Lipinski definition) is 8. The first-order valence-electron chi connectivity index (χ1n) is 12.3. The second-order valence-corrected chi connectivity index (χ2v) is 9.81. The Bertz CT molecular complexity index is 868. The van der Waals surface area contributed by atoms with E-state index in [1.165, 1.54) is 0 Å². The highest BCUT2D eigenvalue weighted by atomic mass is 16.6. The molecule has 1 aromatic rings. The summed E-state index contributed by atoms with van der Waals surface area (Å²) in [6.07, 6.45) is 8.66. The number of carboxylic acid groups (broad SMARTS) is 1. The van der Waals surface area contributed by atoms with Gasteiger partial charge in [-0.05, 0) is 57.7 Å². The molecular formula is C23H34N6O4. The van der Waals surface area contributed by atoms with Crippen LogP contribution in [0, 0.1) is 5.92 Å². The minimum absolute atomic E-state index is 0.105. The average molecular weight is 459 g/mol. The lowest BCUT2D eigenvalue weighted by Crippen LogP contribution is -2.54. The molecule has 1 saturated carbocycles. The van der Waals surface area contributed by atoms with E-state index in [0.717, 1.165) is 70.5 Å². The molecule has 1 aliphatic carbocycles. The summed E-state index contributed by atoms with van der Waals surface area (Å²) in [7, 11) is 0. The number of fused-ring (bicyclic) bond motifs is 1. The number of amides is 1. The van der Waals surface area contributed by atoms with E-state index in [9.17, 15) is 14.7 Å². The van der Waals surface area contributed by atoms with Crippen LogP contribution in [0.2, 0.25) is 0 Å². The van der Waals surface area contributed by atoms with Gasteiger partial charge in [0.05, 0.1) is 12.0 Å². The Hall–Kier alpha value is -2.62. The first kappa shape index (κ1) is 22.2. The summed E-state index contributed by atoms with van der Waals surface area (Å²) in [5, 5.41) is 9.34. The van der Waals surface area contributed by atoms with Gasteiger partial charge in [-0.25, -0.2) is 9.78 Å². The van der Waals surface area contributed by atoms with Crippen molar-refractivity contribution < 1.29 is 19.4 Å². The van der Waals surface area contributed by atoms with Crippen LogP contribution in [0.1, 0.15) is 51.4 Å².